The van der Waals surface area contributed by atoms with E-state index >= 15 is 0 Å². The van der Waals surface area contributed by atoms with Crippen molar-refractivity contribution in [3.8, 4) is 0 Å². The molecule has 0 bridgehead atoms. The number of nitrogens with one attached hydrogen (secondary N) is 1. The summed E-state index contributed by atoms with van der Waals surface area (Å²) in [6.45, 7) is 2.47. The van der Waals surface area contributed by atoms with Crippen LogP contribution in [0.3, 0.4) is 0 Å². The Balaban J connectivity index is 0.000000532. The van der Waals surface area contributed by atoms with Crippen LogP contribution in [-0.2, 0) is 14.8 Å². The Hall–Kier alpha value is -4.33. The van der Waals surface area contributed by atoms with Crippen LogP contribution < -0.4 is 14.5 Å². The van der Waals surface area contributed by atoms with Crippen molar-refractivity contribution in [2.45, 2.75) is 11.1 Å². The summed E-state index contributed by atoms with van der Waals surface area (Å²) >= 11 is 0. The van der Waals surface area contributed by atoms with Crippen LogP contribution in [0.5, 0.6) is 0 Å². The second kappa shape index (κ2) is 12.0. The van der Waals surface area contributed by atoms with E-state index in [2.05, 4.69) is 9.62 Å². The van der Waals surface area contributed by atoms with E-state index < -0.39 is 28.1 Å². The zero-order valence-electron chi connectivity index (χ0n) is 20.1. The summed E-state index contributed by atoms with van der Waals surface area (Å²) in [4.78, 5) is 24.6. The number of hydrogen-bond acceptors (Lipinski definition) is 6. The zero-order valence-corrected chi connectivity index (χ0v) is 20.9. The Morgan fingerprint density at radius 1 is 0.821 bits per heavy atom. The number of anilines is 3. The second-order valence-electron chi connectivity index (χ2n) is 8.21. The van der Waals surface area contributed by atoms with Gasteiger partial charge in [0.2, 0.25) is 0 Å². The zero-order chi connectivity index (χ0) is 28.8. The first kappa shape index (κ1) is 29.2. The molecule has 3 aromatic carbocycles. The minimum Gasteiger partial charge on any atom is -0.478 e. The minimum absolute atomic E-state index is 0.00976. The van der Waals surface area contributed by atoms with Gasteiger partial charge in [-0.2, -0.15) is 13.2 Å². The largest absolute Gasteiger partial charge is 0.490 e. The molecule has 0 saturated carbocycles. The maximum atomic E-state index is 13.2. The van der Waals surface area contributed by atoms with E-state index in [0.29, 0.717) is 31.9 Å². The minimum atomic E-state index is -5.08. The lowest BCUT2D eigenvalue weighted by Crippen LogP contribution is -2.46. The molecule has 1 aliphatic heterocycles. The van der Waals surface area contributed by atoms with Crippen LogP contribution in [0, 0.1) is 5.82 Å². The van der Waals surface area contributed by atoms with Gasteiger partial charge in [-0.25, -0.2) is 22.4 Å². The van der Waals surface area contributed by atoms with Crippen molar-refractivity contribution < 1.29 is 45.8 Å². The van der Waals surface area contributed by atoms with E-state index in [1.165, 1.54) is 36.4 Å². The molecular weight excluding hydrogens is 546 g/mol. The molecular formula is C25H23F4N3O6S. The molecule has 4 rings (SSSR count). The highest BCUT2D eigenvalue weighted by Crippen LogP contribution is 2.31. The van der Waals surface area contributed by atoms with E-state index in [0.717, 1.165) is 5.69 Å². The number of piperazine rings is 1. The smallest absolute Gasteiger partial charge is 0.478 e. The number of halogens is 4. The van der Waals surface area contributed by atoms with Gasteiger partial charge in [0.25, 0.3) is 10.0 Å². The normalized spacial score (nSPS) is 13.7. The van der Waals surface area contributed by atoms with Gasteiger partial charge in [0, 0.05) is 31.9 Å². The summed E-state index contributed by atoms with van der Waals surface area (Å²) < 4.78 is 73.2. The summed E-state index contributed by atoms with van der Waals surface area (Å²) in [7, 11) is -3.89. The predicted octanol–water partition coefficient (Wildman–Crippen LogP) is 4.28. The van der Waals surface area contributed by atoms with Crippen molar-refractivity contribution in [3.05, 3.63) is 84.2 Å². The Morgan fingerprint density at radius 2 is 1.36 bits per heavy atom. The molecule has 9 nitrogen and oxygen atoms in total. The maximum absolute atomic E-state index is 13.2. The molecule has 208 valence electrons. The first-order chi connectivity index (χ1) is 18.3. The van der Waals surface area contributed by atoms with Gasteiger partial charge in [0.15, 0.2) is 0 Å². The molecule has 1 heterocycles. The molecule has 1 saturated heterocycles. The number of carboxylic acids is 2. The summed E-state index contributed by atoms with van der Waals surface area (Å²) in [6, 6.07) is 18.6. The monoisotopic (exact) mass is 569 g/mol. The summed E-state index contributed by atoms with van der Waals surface area (Å²) in [5.41, 5.74) is 1.72. The number of alkyl halides is 3. The van der Waals surface area contributed by atoms with Crippen molar-refractivity contribution in [2.75, 3.05) is 40.7 Å². The van der Waals surface area contributed by atoms with Crippen LogP contribution in [0.1, 0.15) is 10.4 Å². The van der Waals surface area contributed by atoms with Gasteiger partial charge in [-0.05, 0) is 54.6 Å². The SMILES string of the molecule is O=C(O)C(F)(F)F.O=C(O)c1ccc(N2CCN(c3ccc(F)cc3)CC2)c(NS(=O)(=O)c2ccccc2)c1. The second-order valence-corrected chi connectivity index (χ2v) is 9.89. The van der Waals surface area contributed by atoms with Crippen LogP contribution in [0.15, 0.2) is 77.7 Å². The molecule has 1 aliphatic rings. The fourth-order valence-electron chi connectivity index (χ4n) is 3.69. The molecule has 3 aromatic rings. The number of hydrogen-bond donors (Lipinski definition) is 3. The molecule has 3 N–H and O–H groups in total. The van der Waals surface area contributed by atoms with Crippen molar-refractivity contribution in [3.63, 3.8) is 0 Å². The third kappa shape index (κ3) is 7.83. The van der Waals surface area contributed by atoms with Crippen LogP contribution in [0.4, 0.5) is 34.6 Å². The molecule has 0 radical (unpaired) electrons. The van der Waals surface area contributed by atoms with Crippen molar-refractivity contribution in [2.24, 2.45) is 0 Å². The van der Waals surface area contributed by atoms with Gasteiger partial charge in [-0.3, -0.25) is 4.72 Å². The fraction of sp³-hybridized carbons (Fsp3) is 0.200. The number of aliphatic carboxylic acids is 1. The highest BCUT2D eigenvalue weighted by atomic mass is 32.2. The lowest BCUT2D eigenvalue weighted by Gasteiger charge is -2.38. The van der Waals surface area contributed by atoms with Crippen molar-refractivity contribution >= 4 is 39.0 Å². The molecule has 0 unspecified atom stereocenters. The standard InChI is InChI=1S/C23H22FN3O4S.C2HF3O2/c24-18-7-9-19(10-8-18)26-12-14-27(15-13-26)22-11-6-17(23(28)29)16-21(22)25-32(30,31)20-4-2-1-3-5-20;3-2(4,5)1(6)7/h1-11,16,25H,12-15H2,(H,28,29);(H,6,7). The Labute approximate surface area is 221 Å². The topological polar surface area (TPSA) is 127 Å². The Morgan fingerprint density at radius 3 is 1.87 bits per heavy atom. The van der Waals surface area contributed by atoms with Gasteiger partial charge in [-0.1, -0.05) is 18.2 Å². The quantitative estimate of drug-likeness (QED) is 0.376. The molecule has 39 heavy (non-hydrogen) atoms. The van der Waals surface area contributed by atoms with Crippen molar-refractivity contribution in [1.82, 2.24) is 0 Å². The van der Waals surface area contributed by atoms with E-state index in [4.69, 9.17) is 9.90 Å². The summed E-state index contributed by atoms with van der Waals surface area (Å²) in [5, 5.41) is 16.5. The molecule has 0 spiro atoms. The number of aromatic carboxylic acids is 1. The van der Waals surface area contributed by atoms with E-state index in [1.54, 1.807) is 36.4 Å². The summed E-state index contributed by atoms with van der Waals surface area (Å²) in [5.74, 6) is -4.19. The first-order valence-corrected chi connectivity index (χ1v) is 12.8. The van der Waals surface area contributed by atoms with Crippen LogP contribution in [0.25, 0.3) is 0 Å². The molecule has 0 aliphatic carbocycles. The molecule has 1 fully saturated rings. The van der Waals surface area contributed by atoms with Gasteiger partial charge in [0.05, 0.1) is 21.8 Å². The predicted molar refractivity (Wildman–Crippen MR) is 135 cm³/mol. The van der Waals surface area contributed by atoms with E-state index in [9.17, 15) is 35.9 Å². The number of carbonyl (C=O) groups is 2. The van der Waals surface area contributed by atoms with Gasteiger partial charge >= 0.3 is 18.1 Å². The summed E-state index contributed by atoms with van der Waals surface area (Å²) in [6.07, 6.45) is -5.08. The fourth-order valence-corrected chi connectivity index (χ4v) is 4.77. The Kier molecular flexibility index (Phi) is 9.01. The van der Waals surface area contributed by atoms with E-state index in [1.807, 2.05) is 4.90 Å². The number of rotatable bonds is 6. The van der Waals surface area contributed by atoms with Gasteiger partial charge < -0.3 is 20.0 Å². The number of sulfonamides is 1. The molecule has 14 heteroatoms. The third-order valence-corrected chi connectivity index (χ3v) is 6.98. The highest BCUT2D eigenvalue weighted by molar-refractivity contribution is 7.92. The molecule has 0 amide bonds. The van der Waals surface area contributed by atoms with Gasteiger partial charge in [-0.15, -0.1) is 0 Å². The number of nitrogens with zero attached hydrogens (tertiary/aromatic N) is 2. The van der Waals surface area contributed by atoms with Crippen molar-refractivity contribution in [1.29, 1.82) is 0 Å². The number of carboxylic acid groups (broad SMARTS) is 2. The average molecular weight is 570 g/mol. The van der Waals surface area contributed by atoms with Crippen LogP contribution in [0.2, 0.25) is 0 Å². The first-order valence-electron chi connectivity index (χ1n) is 11.3. The lowest BCUT2D eigenvalue weighted by molar-refractivity contribution is -0.192. The van der Waals surface area contributed by atoms with Gasteiger partial charge in [0.1, 0.15) is 5.82 Å². The molecule has 0 aromatic heterocycles. The Bertz CT molecular complexity index is 1410. The molecule has 0 atom stereocenters. The number of benzene rings is 3. The highest BCUT2D eigenvalue weighted by Gasteiger charge is 2.38. The third-order valence-electron chi connectivity index (χ3n) is 5.60. The van der Waals surface area contributed by atoms with E-state index in [-0.39, 0.29) is 22.0 Å². The average Bonchev–Trinajstić information content (AvgIpc) is 2.89. The van der Waals surface area contributed by atoms with Crippen LogP contribution in [-0.4, -0.2) is 62.9 Å². The maximum Gasteiger partial charge on any atom is 0.490 e. The lowest BCUT2D eigenvalue weighted by atomic mass is 10.1. The van der Waals surface area contributed by atoms with Crippen LogP contribution >= 0.6 is 0 Å².